The molecule has 25 heavy (non-hydrogen) atoms. The van der Waals surface area contributed by atoms with Crippen LogP contribution in [0.25, 0.3) is 10.2 Å². The number of nitrogen functional groups attached to an aromatic ring is 1. The van der Waals surface area contributed by atoms with Gasteiger partial charge in [-0.05, 0) is 49.6 Å². The minimum Gasteiger partial charge on any atom is -0.397 e. The molecule has 3 aromatic rings. The van der Waals surface area contributed by atoms with Gasteiger partial charge >= 0.3 is 0 Å². The molecule has 1 fully saturated rings. The van der Waals surface area contributed by atoms with Gasteiger partial charge in [0.25, 0.3) is 5.91 Å². The quantitative estimate of drug-likeness (QED) is 0.628. The van der Waals surface area contributed by atoms with Crippen LogP contribution in [0.5, 0.6) is 0 Å². The van der Waals surface area contributed by atoms with E-state index in [1.54, 1.807) is 0 Å². The summed E-state index contributed by atoms with van der Waals surface area (Å²) in [5, 5.41) is 3.90. The topological polar surface area (TPSA) is 68.0 Å². The van der Waals surface area contributed by atoms with Gasteiger partial charge < -0.3 is 11.1 Å². The van der Waals surface area contributed by atoms with Crippen molar-refractivity contribution in [2.75, 3.05) is 5.73 Å². The Kier molecular flexibility index (Phi) is 4.25. The van der Waals surface area contributed by atoms with Crippen LogP contribution < -0.4 is 11.1 Å². The van der Waals surface area contributed by atoms with Gasteiger partial charge in [-0.25, -0.2) is 4.98 Å². The van der Waals surface area contributed by atoms with Gasteiger partial charge in [0.05, 0.1) is 11.7 Å². The number of carbonyl (C=O) groups excluding carboxylic acids is 1. The number of halogens is 1. The highest BCUT2D eigenvalue weighted by Gasteiger charge is 2.26. The van der Waals surface area contributed by atoms with Crippen LogP contribution in [0.3, 0.4) is 0 Å². The Labute approximate surface area is 158 Å². The van der Waals surface area contributed by atoms with Gasteiger partial charge in [-0.3, -0.25) is 4.79 Å². The number of hydrogen-bond donors (Lipinski definition) is 2. The maximum atomic E-state index is 12.7. The fraction of sp³-hybridized carbons (Fsp3) is 0.263. The van der Waals surface area contributed by atoms with Crippen LogP contribution in [0.2, 0.25) is 0 Å². The molecule has 2 aromatic heterocycles. The van der Waals surface area contributed by atoms with E-state index in [4.69, 9.17) is 10.7 Å². The lowest BCUT2D eigenvalue weighted by molar-refractivity contribution is 0.0945. The van der Waals surface area contributed by atoms with Crippen molar-refractivity contribution in [3.8, 4) is 0 Å². The molecule has 1 unspecified atom stereocenters. The van der Waals surface area contributed by atoms with Crippen molar-refractivity contribution in [2.24, 2.45) is 0 Å². The number of pyridine rings is 1. The molecule has 1 aliphatic carbocycles. The van der Waals surface area contributed by atoms with Crippen molar-refractivity contribution in [2.45, 2.75) is 31.7 Å². The number of aromatic nitrogens is 1. The first kappa shape index (κ1) is 16.5. The molecule has 4 nitrogen and oxygen atoms in total. The zero-order valence-electron chi connectivity index (χ0n) is 13.8. The molecule has 3 N–H and O–H groups in total. The monoisotopic (exact) mass is 415 g/mol. The van der Waals surface area contributed by atoms with Crippen molar-refractivity contribution in [3.63, 3.8) is 0 Å². The summed E-state index contributed by atoms with van der Waals surface area (Å²) in [6, 6.07) is 11.9. The van der Waals surface area contributed by atoms with E-state index in [0.717, 1.165) is 25.9 Å². The molecule has 1 aromatic carbocycles. The molecule has 1 aliphatic rings. The summed E-state index contributed by atoms with van der Waals surface area (Å²) < 4.78 is 1.01. The average molecular weight is 416 g/mol. The molecule has 0 aliphatic heterocycles. The van der Waals surface area contributed by atoms with Crippen molar-refractivity contribution >= 4 is 49.1 Å². The van der Waals surface area contributed by atoms with E-state index in [2.05, 4.69) is 21.2 Å². The number of nitrogens with one attached hydrogen (secondary N) is 1. The molecule has 0 radical (unpaired) electrons. The molecule has 1 amide bonds. The van der Waals surface area contributed by atoms with Crippen LogP contribution in [0.1, 0.15) is 52.7 Å². The summed E-state index contributed by atoms with van der Waals surface area (Å²) in [6.45, 7) is 1.97. The third-order valence-corrected chi connectivity index (χ3v) is 6.18. The molecule has 0 saturated heterocycles. The third kappa shape index (κ3) is 3.28. The minimum absolute atomic E-state index is 0.0970. The smallest absolute Gasteiger partial charge is 0.264 e. The summed E-state index contributed by atoms with van der Waals surface area (Å²) in [7, 11) is 0. The predicted molar refractivity (Wildman–Crippen MR) is 106 cm³/mol. The van der Waals surface area contributed by atoms with Crippen molar-refractivity contribution in [3.05, 3.63) is 57.0 Å². The zero-order valence-corrected chi connectivity index (χ0v) is 16.2. The highest BCUT2D eigenvalue weighted by atomic mass is 79.9. The number of amides is 1. The van der Waals surface area contributed by atoms with Crippen LogP contribution in [-0.4, -0.2) is 10.9 Å². The Morgan fingerprint density at radius 3 is 2.68 bits per heavy atom. The van der Waals surface area contributed by atoms with Crippen molar-refractivity contribution in [1.82, 2.24) is 10.3 Å². The van der Waals surface area contributed by atoms with Gasteiger partial charge in [-0.2, -0.15) is 0 Å². The largest absolute Gasteiger partial charge is 0.397 e. The number of anilines is 1. The number of carbonyl (C=O) groups is 1. The van der Waals surface area contributed by atoms with E-state index >= 15 is 0 Å². The van der Waals surface area contributed by atoms with Gasteiger partial charge in [0.15, 0.2) is 0 Å². The van der Waals surface area contributed by atoms with Crippen LogP contribution in [0.4, 0.5) is 5.69 Å². The summed E-state index contributed by atoms with van der Waals surface area (Å²) in [6.07, 6.45) is 2.41. The minimum atomic E-state index is -0.149. The molecule has 1 atom stereocenters. The molecule has 1 saturated carbocycles. The summed E-state index contributed by atoms with van der Waals surface area (Å²) in [4.78, 5) is 18.8. The maximum Gasteiger partial charge on any atom is 0.264 e. The first-order chi connectivity index (χ1) is 12.0. The molecule has 0 bridgehead atoms. The van der Waals surface area contributed by atoms with Crippen LogP contribution in [0.15, 0.2) is 40.9 Å². The van der Waals surface area contributed by atoms with E-state index < -0.39 is 0 Å². The normalized spacial score (nSPS) is 15.3. The number of thiophene rings is 1. The molecule has 0 spiro atoms. The van der Waals surface area contributed by atoms with E-state index in [1.807, 2.05) is 43.3 Å². The summed E-state index contributed by atoms with van der Waals surface area (Å²) in [5.41, 5.74) is 8.90. The molecular weight excluding hydrogens is 398 g/mol. The number of rotatable bonds is 4. The van der Waals surface area contributed by atoms with E-state index in [0.29, 0.717) is 16.5 Å². The molecule has 4 rings (SSSR count). The number of benzene rings is 1. The number of hydrogen-bond acceptors (Lipinski definition) is 4. The summed E-state index contributed by atoms with van der Waals surface area (Å²) in [5.74, 6) is 0.436. The summed E-state index contributed by atoms with van der Waals surface area (Å²) >= 11 is 4.80. The zero-order chi connectivity index (χ0) is 17.6. The average Bonchev–Trinajstić information content (AvgIpc) is 3.39. The Morgan fingerprint density at radius 2 is 2.00 bits per heavy atom. The molecule has 128 valence electrons. The fourth-order valence-electron chi connectivity index (χ4n) is 2.88. The molecule has 6 heteroatoms. The highest BCUT2D eigenvalue weighted by molar-refractivity contribution is 9.10. The van der Waals surface area contributed by atoms with Crippen LogP contribution in [-0.2, 0) is 0 Å². The first-order valence-corrected chi connectivity index (χ1v) is 9.89. The maximum absolute atomic E-state index is 12.7. The van der Waals surface area contributed by atoms with Gasteiger partial charge in [0.1, 0.15) is 9.71 Å². The first-order valence-electron chi connectivity index (χ1n) is 8.28. The second-order valence-corrected chi connectivity index (χ2v) is 8.37. The lowest BCUT2D eigenvalue weighted by Crippen LogP contribution is -2.26. The lowest BCUT2D eigenvalue weighted by Gasteiger charge is -2.14. The number of nitrogens with zero attached hydrogens (tertiary/aromatic N) is 1. The number of fused-ring (bicyclic) bond motifs is 1. The van der Waals surface area contributed by atoms with Crippen molar-refractivity contribution in [1.29, 1.82) is 0 Å². The van der Waals surface area contributed by atoms with Crippen LogP contribution in [0, 0.1) is 0 Å². The third-order valence-electron chi connectivity index (χ3n) is 4.53. The molecular formula is C19H18BrN3OS. The van der Waals surface area contributed by atoms with Gasteiger partial charge in [0, 0.05) is 21.5 Å². The second kappa shape index (κ2) is 6.42. The Hall–Kier alpha value is -1.92. The van der Waals surface area contributed by atoms with Crippen molar-refractivity contribution < 1.29 is 4.79 Å². The van der Waals surface area contributed by atoms with Gasteiger partial charge in [-0.15, -0.1) is 11.3 Å². The predicted octanol–water partition coefficient (Wildman–Crippen LogP) is 5.01. The van der Waals surface area contributed by atoms with Crippen LogP contribution >= 0.6 is 27.3 Å². The SMILES string of the molecule is CC(NC(=O)c1sc2nc(C3CC3)ccc2c1N)c1ccc(Br)cc1. The lowest BCUT2D eigenvalue weighted by atomic mass is 10.1. The Bertz CT molecular complexity index is 947. The van der Waals surface area contributed by atoms with Gasteiger partial charge in [-0.1, -0.05) is 28.1 Å². The Morgan fingerprint density at radius 1 is 1.28 bits per heavy atom. The molecule has 2 heterocycles. The second-order valence-electron chi connectivity index (χ2n) is 6.45. The van der Waals surface area contributed by atoms with E-state index in [1.165, 1.54) is 24.2 Å². The van der Waals surface area contributed by atoms with E-state index in [-0.39, 0.29) is 11.9 Å². The van der Waals surface area contributed by atoms with Gasteiger partial charge in [0.2, 0.25) is 0 Å². The number of nitrogens with two attached hydrogens (primary N) is 1. The Balaban J connectivity index is 1.58. The standard InChI is InChI=1S/C19H18BrN3OS/c1-10(11-4-6-13(20)7-5-11)22-18(24)17-16(21)14-8-9-15(12-2-3-12)23-19(14)25-17/h4-10,12H,2-3,21H2,1H3,(H,22,24). The fourth-order valence-corrected chi connectivity index (χ4v) is 4.15. The van der Waals surface area contributed by atoms with E-state index in [9.17, 15) is 4.79 Å². The highest BCUT2D eigenvalue weighted by Crippen LogP contribution is 2.41.